The van der Waals surface area contributed by atoms with E-state index in [1.165, 1.54) is 0 Å². The van der Waals surface area contributed by atoms with Crippen molar-refractivity contribution in [3.8, 4) is 0 Å². The molecular formula is C13H9NO2. The summed E-state index contributed by atoms with van der Waals surface area (Å²) in [6.07, 6.45) is 4.43. The molecule has 0 saturated heterocycles. The van der Waals surface area contributed by atoms with E-state index < -0.39 is 0 Å². The zero-order valence-corrected chi connectivity index (χ0v) is 8.51. The topological polar surface area (TPSA) is 39.1 Å². The van der Waals surface area contributed by atoms with Crippen LogP contribution in [0.1, 0.15) is 16.1 Å². The maximum Gasteiger partial charge on any atom is 0.200 e. The lowest BCUT2D eigenvalue weighted by Gasteiger charge is -2.10. The lowest BCUT2D eigenvalue weighted by molar-refractivity contribution is 0.112. The summed E-state index contributed by atoms with van der Waals surface area (Å²) in [4.78, 5) is 23.0. The minimum atomic E-state index is -0.177. The van der Waals surface area contributed by atoms with E-state index in [0.717, 1.165) is 17.8 Å². The molecule has 0 N–H and O–H groups in total. The molecule has 0 amide bonds. The Balaban J connectivity index is 2.60. The molecule has 1 aromatic carbocycles. The number of hydrogen-bond acceptors (Lipinski definition) is 2. The molecule has 2 aromatic rings. The molecule has 0 unspecified atom stereocenters. The van der Waals surface area contributed by atoms with Crippen molar-refractivity contribution in [2.75, 3.05) is 0 Å². The smallest absolute Gasteiger partial charge is 0.200 e. The predicted octanol–water partition coefficient (Wildman–Crippen LogP) is 1.84. The van der Waals surface area contributed by atoms with Gasteiger partial charge in [-0.05, 0) is 18.2 Å². The first-order valence-electron chi connectivity index (χ1n) is 5.10. The van der Waals surface area contributed by atoms with Crippen LogP contribution < -0.4 is 5.43 Å². The number of rotatable bonds is 1. The number of carbonyl (C=O) groups is 1. The van der Waals surface area contributed by atoms with Crippen molar-refractivity contribution in [1.82, 2.24) is 4.57 Å². The zero-order chi connectivity index (χ0) is 11.1. The Morgan fingerprint density at radius 2 is 2.06 bits per heavy atom. The third kappa shape index (κ3) is 1.03. The molecule has 78 valence electrons. The molecule has 1 aliphatic heterocycles. The fraction of sp³-hybridized carbons (Fsp3) is 0.0769. The molecule has 16 heavy (non-hydrogen) atoms. The summed E-state index contributed by atoms with van der Waals surface area (Å²) < 4.78 is 1.99. The second-order valence-corrected chi connectivity index (χ2v) is 3.78. The summed E-state index contributed by atoms with van der Waals surface area (Å²) in [5.74, 6) is 0. The van der Waals surface area contributed by atoms with Gasteiger partial charge in [0.15, 0.2) is 6.29 Å². The number of fused-ring (bicyclic) bond motifs is 3. The van der Waals surface area contributed by atoms with Crippen molar-refractivity contribution in [3.63, 3.8) is 0 Å². The van der Waals surface area contributed by atoms with E-state index in [4.69, 9.17) is 0 Å². The fourth-order valence-corrected chi connectivity index (χ4v) is 2.20. The molecular weight excluding hydrogens is 202 g/mol. The van der Waals surface area contributed by atoms with Crippen LogP contribution in [0.25, 0.3) is 17.0 Å². The Morgan fingerprint density at radius 3 is 2.88 bits per heavy atom. The molecule has 0 radical (unpaired) electrons. The molecule has 0 atom stereocenters. The molecule has 0 spiro atoms. The highest BCUT2D eigenvalue weighted by atomic mass is 16.1. The normalized spacial score (nSPS) is 13.0. The summed E-state index contributed by atoms with van der Waals surface area (Å²) in [6.45, 7) is 0.719. The summed E-state index contributed by atoms with van der Waals surface area (Å²) in [7, 11) is 0. The lowest BCUT2D eigenvalue weighted by atomic mass is 10.1. The minimum Gasteiger partial charge on any atom is -0.336 e. The van der Waals surface area contributed by atoms with Gasteiger partial charge in [0.1, 0.15) is 0 Å². The Hall–Kier alpha value is -2.16. The van der Waals surface area contributed by atoms with E-state index in [1.54, 1.807) is 6.07 Å². The number of nitrogens with zero attached hydrogens (tertiary/aromatic N) is 1. The summed E-state index contributed by atoms with van der Waals surface area (Å²) >= 11 is 0. The summed E-state index contributed by atoms with van der Waals surface area (Å²) in [5.41, 5.74) is 1.69. The standard InChI is InChI=1S/C13H9NO2/c15-8-10-12-6-3-7-14(12)11-5-2-1-4-9(11)13(10)16/h1-6,8H,7H2. The highest BCUT2D eigenvalue weighted by Crippen LogP contribution is 2.20. The monoisotopic (exact) mass is 211 g/mol. The van der Waals surface area contributed by atoms with Gasteiger partial charge in [-0.25, -0.2) is 0 Å². The highest BCUT2D eigenvalue weighted by Gasteiger charge is 2.16. The van der Waals surface area contributed by atoms with Crippen molar-refractivity contribution in [3.05, 3.63) is 51.8 Å². The van der Waals surface area contributed by atoms with Crippen LogP contribution in [0.2, 0.25) is 0 Å². The SMILES string of the molecule is O=Cc1c2n(c3ccccc3c1=O)CC=C2. The van der Waals surface area contributed by atoms with E-state index in [-0.39, 0.29) is 11.0 Å². The van der Waals surface area contributed by atoms with Crippen molar-refractivity contribution in [2.45, 2.75) is 6.54 Å². The molecule has 0 bridgehead atoms. The Bertz CT molecular complexity index is 680. The maximum atomic E-state index is 12.0. The van der Waals surface area contributed by atoms with E-state index >= 15 is 0 Å². The number of benzene rings is 1. The van der Waals surface area contributed by atoms with Crippen LogP contribution >= 0.6 is 0 Å². The first kappa shape index (κ1) is 9.09. The molecule has 3 heteroatoms. The zero-order valence-electron chi connectivity index (χ0n) is 8.51. The van der Waals surface area contributed by atoms with Crippen molar-refractivity contribution >= 4 is 23.3 Å². The van der Waals surface area contributed by atoms with Crippen molar-refractivity contribution in [2.24, 2.45) is 0 Å². The van der Waals surface area contributed by atoms with Gasteiger partial charge in [-0.15, -0.1) is 0 Å². The second kappa shape index (κ2) is 3.17. The van der Waals surface area contributed by atoms with Crippen LogP contribution in [0.15, 0.2) is 35.1 Å². The average molecular weight is 211 g/mol. The van der Waals surface area contributed by atoms with E-state index in [9.17, 15) is 9.59 Å². The number of allylic oxidation sites excluding steroid dienone is 1. The third-order valence-corrected chi connectivity index (χ3v) is 2.93. The number of aromatic nitrogens is 1. The maximum absolute atomic E-state index is 12.0. The molecule has 1 aliphatic rings. The molecule has 3 nitrogen and oxygen atoms in total. The van der Waals surface area contributed by atoms with Gasteiger partial charge in [-0.3, -0.25) is 9.59 Å². The average Bonchev–Trinajstić information content (AvgIpc) is 2.79. The molecule has 3 rings (SSSR count). The lowest BCUT2D eigenvalue weighted by Crippen LogP contribution is -2.16. The van der Waals surface area contributed by atoms with Crippen LogP contribution in [0.5, 0.6) is 0 Å². The van der Waals surface area contributed by atoms with Gasteiger partial charge in [0.25, 0.3) is 0 Å². The fourth-order valence-electron chi connectivity index (χ4n) is 2.20. The first-order chi connectivity index (χ1) is 7.83. The largest absolute Gasteiger partial charge is 0.336 e. The molecule has 0 fully saturated rings. The van der Waals surface area contributed by atoms with Crippen LogP contribution in [-0.2, 0) is 6.54 Å². The number of hydrogen-bond donors (Lipinski definition) is 0. The van der Waals surface area contributed by atoms with Gasteiger partial charge in [-0.1, -0.05) is 18.2 Å². The quantitative estimate of drug-likeness (QED) is 0.675. The summed E-state index contributed by atoms with van der Waals surface area (Å²) in [6, 6.07) is 7.37. The van der Waals surface area contributed by atoms with Crippen LogP contribution in [0, 0.1) is 0 Å². The van der Waals surface area contributed by atoms with Crippen LogP contribution in [0.4, 0.5) is 0 Å². The van der Waals surface area contributed by atoms with E-state index in [1.807, 2.05) is 34.9 Å². The van der Waals surface area contributed by atoms with Crippen molar-refractivity contribution < 1.29 is 4.79 Å². The Morgan fingerprint density at radius 1 is 1.25 bits per heavy atom. The predicted molar refractivity (Wildman–Crippen MR) is 62.6 cm³/mol. The number of carbonyl (C=O) groups excluding carboxylic acids is 1. The number of pyridine rings is 1. The second-order valence-electron chi connectivity index (χ2n) is 3.78. The van der Waals surface area contributed by atoms with Gasteiger partial charge < -0.3 is 4.57 Å². The third-order valence-electron chi connectivity index (χ3n) is 2.93. The highest BCUT2D eigenvalue weighted by molar-refractivity contribution is 5.91. The van der Waals surface area contributed by atoms with Gasteiger partial charge >= 0.3 is 0 Å². The molecule has 1 aromatic heterocycles. The molecule has 2 heterocycles. The summed E-state index contributed by atoms with van der Waals surface area (Å²) in [5, 5.41) is 0.608. The number of aldehydes is 1. The van der Waals surface area contributed by atoms with Gasteiger partial charge in [0.2, 0.25) is 5.43 Å². The molecule has 0 aliphatic carbocycles. The molecule has 0 saturated carbocycles. The van der Waals surface area contributed by atoms with Crippen molar-refractivity contribution in [1.29, 1.82) is 0 Å². The van der Waals surface area contributed by atoms with E-state index in [0.29, 0.717) is 11.7 Å². The van der Waals surface area contributed by atoms with Gasteiger partial charge in [-0.2, -0.15) is 0 Å². The first-order valence-corrected chi connectivity index (χ1v) is 5.10. The van der Waals surface area contributed by atoms with Crippen LogP contribution in [0.3, 0.4) is 0 Å². The Kier molecular flexibility index (Phi) is 1.80. The van der Waals surface area contributed by atoms with E-state index in [2.05, 4.69) is 0 Å². The minimum absolute atomic E-state index is 0.177. The Labute approximate surface area is 91.6 Å². The van der Waals surface area contributed by atoms with Gasteiger partial charge in [0.05, 0.1) is 16.8 Å². The van der Waals surface area contributed by atoms with Crippen LogP contribution in [-0.4, -0.2) is 10.9 Å². The van der Waals surface area contributed by atoms with Gasteiger partial charge in [0, 0.05) is 11.9 Å². The number of para-hydroxylation sites is 1.